The number of thioether (sulfide) groups is 3. The molecular weight excluding hydrogens is 589 g/mol. The van der Waals surface area contributed by atoms with Crippen molar-refractivity contribution >= 4 is 104 Å². The molecule has 4 aliphatic heterocycles. The average Bonchev–Trinajstić information content (AvgIpc) is 3.47. The zero-order valence-corrected chi connectivity index (χ0v) is 28.3. The largest absolute Gasteiger partial charge is 0.321 e. The number of unbranched alkanes of at least 4 members (excludes halogenated alkanes) is 2. The van der Waals surface area contributed by atoms with Crippen molar-refractivity contribution in [3.63, 3.8) is 0 Å². The van der Waals surface area contributed by atoms with E-state index in [0.29, 0.717) is 11.8 Å². The molecule has 2 nitrogen and oxygen atoms in total. The maximum atomic E-state index is 5.91. The van der Waals surface area contributed by atoms with E-state index in [2.05, 4.69) is 61.4 Å². The summed E-state index contributed by atoms with van der Waals surface area (Å²) in [5.41, 5.74) is -0.0229. The van der Waals surface area contributed by atoms with Crippen LogP contribution in [0.3, 0.4) is 0 Å². The Hall–Kier alpha value is 0.490. The fraction of sp³-hybridized carbons (Fsp3) is 0.714. The van der Waals surface area contributed by atoms with Gasteiger partial charge in [-0.3, -0.25) is 0 Å². The lowest BCUT2D eigenvalue weighted by Crippen LogP contribution is -2.53. The molecule has 2 unspecified atom stereocenters. The van der Waals surface area contributed by atoms with Gasteiger partial charge >= 0.3 is 0 Å². The van der Waals surface area contributed by atoms with Gasteiger partial charge in [-0.2, -0.15) is 11.8 Å². The fourth-order valence-corrected chi connectivity index (χ4v) is 11.8. The van der Waals surface area contributed by atoms with E-state index in [4.69, 9.17) is 48.9 Å². The summed E-state index contributed by atoms with van der Waals surface area (Å²) in [6, 6.07) is 0. The second-order valence-electron chi connectivity index (χ2n) is 11.6. The lowest BCUT2D eigenvalue weighted by atomic mass is 9.91. The summed E-state index contributed by atoms with van der Waals surface area (Å²) >= 11 is 29.3. The summed E-state index contributed by atoms with van der Waals surface area (Å²) in [5.74, 6) is 5.63. The zero-order valence-electron chi connectivity index (χ0n) is 22.5. The van der Waals surface area contributed by atoms with Crippen LogP contribution in [0.2, 0.25) is 0 Å². The van der Waals surface area contributed by atoms with E-state index in [1.165, 1.54) is 58.5 Å². The van der Waals surface area contributed by atoms with Gasteiger partial charge < -0.3 is 9.80 Å². The minimum absolute atomic E-state index is 0.0115. The highest BCUT2D eigenvalue weighted by atomic mass is 32.2. The molecule has 2 fully saturated rings. The van der Waals surface area contributed by atoms with Gasteiger partial charge in [-0.1, -0.05) is 61.7 Å². The van der Waals surface area contributed by atoms with Crippen LogP contribution in [-0.4, -0.2) is 63.8 Å². The highest BCUT2D eigenvalue weighted by Gasteiger charge is 2.41. The first kappa shape index (κ1) is 30.4. The molecule has 0 bridgehead atoms. The molecule has 204 valence electrons. The number of thiocarbonyl (C=S) groups is 4. The van der Waals surface area contributed by atoms with Crippen LogP contribution in [0.5, 0.6) is 0 Å². The molecule has 0 aromatic rings. The molecule has 0 aliphatic carbocycles. The van der Waals surface area contributed by atoms with E-state index < -0.39 is 0 Å². The normalized spacial score (nSPS) is 24.4. The van der Waals surface area contributed by atoms with Gasteiger partial charge in [0, 0.05) is 22.9 Å². The van der Waals surface area contributed by atoms with Gasteiger partial charge in [0.15, 0.2) is 0 Å². The minimum Gasteiger partial charge on any atom is -0.321 e. The first-order valence-electron chi connectivity index (χ1n) is 13.6. The van der Waals surface area contributed by atoms with Crippen LogP contribution in [0, 0.1) is 11.8 Å². The molecule has 0 spiro atoms. The Labute approximate surface area is 259 Å². The third-order valence-electron chi connectivity index (χ3n) is 7.91. The van der Waals surface area contributed by atoms with Crippen molar-refractivity contribution < 1.29 is 0 Å². The molecule has 2 saturated heterocycles. The van der Waals surface area contributed by atoms with E-state index in [-0.39, 0.29) is 11.1 Å². The van der Waals surface area contributed by atoms with Crippen LogP contribution in [0.15, 0.2) is 22.0 Å². The molecule has 2 atom stereocenters. The van der Waals surface area contributed by atoms with E-state index in [1.807, 2.05) is 23.5 Å². The number of hydrogen-bond donors (Lipinski definition) is 0. The molecule has 4 aliphatic rings. The van der Waals surface area contributed by atoms with Crippen molar-refractivity contribution in [2.75, 3.05) is 23.0 Å². The van der Waals surface area contributed by atoms with E-state index in [1.54, 1.807) is 0 Å². The molecule has 4 rings (SSSR count). The topological polar surface area (TPSA) is 6.48 Å². The van der Waals surface area contributed by atoms with Crippen molar-refractivity contribution in [2.24, 2.45) is 11.8 Å². The van der Waals surface area contributed by atoms with Gasteiger partial charge in [-0.15, -0.1) is 23.5 Å². The van der Waals surface area contributed by atoms with Crippen LogP contribution < -0.4 is 0 Å². The smallest absolute Gasteiger partial charge is 0.108 e. The number of nitrogens with zero attached hydrogens (tertiary/aromatic N) is 2. The quantitative estimate of drug-likeness (QED) is 0.153. The first-order chi connectivity index (χ1) is 17.5. The highest BCUT2D eigenvalue weighted by Crippen LogP contribution is 2.44. The maximum Gasteiger partial charge on any atom is 0.108 e. The van der Waals surface area contributed by atoms with E-state index >= 15 is 0 Å². The summed E-state index contributed by atoms with van der Waals surface area (Å²) in [6.07, 6.45) is 13.9. The van der Waals surface area contributed by atoms with Crippen LogP contribution in [0.25, 0.3) is 0 Å². The molecular formula is C28H40N2S7. The summed E-state index contributed by atoms with van der Waals surface area (Å²) < 4.78 is 0. The third kappa shape index (κ3) is 7.05. The summed E-state index contributed by atoms with van der Waals surface area (Å²) in [7, 11) is 0. The average molecular weight is 629 g/mol. The Morgan fingerprint density at radius 2 is 1.14 bits per heavy atom. The Kier molecular flexibility index (Phi) is 10.7. The van der Waals surface area contributed by atoms with Gasteiger partial charge in [-0.25, -0.2) is 0 Å². The SMILES string of the molecule is CC(C)(CCCCSCCCCC(C)(C)N1C(=S)C=C2SCCC2C1=S)N1C(=S)C=C2SCCC2C1=S. The number of hydrogen-bond acceptors (Lipinski definition) is 7. The number of rotatable bonds is 12. The number of fused-ring (bicyclic) bond motifs is 2. The molecule has 0 amide bonds. The van der Waals surface area contributed by atoms with Crippen molar-refractivity contribution in [1.29, 1.82) is 0 Å². The summed E-state index contributed by atoms with van der Waals surface area (Å²) in [5, 5.41) is 0. The zero-order chi connectivity index (χ0) is 26.8. The summed E-state index contributed by atoms with van der Waals surface area (Å²) in [6.45, 7) is 9.24. The second-order valence-corrected chi connectivity index (χ2v) is 16.9. The fourth-order valence-electron chi connectivity index (χ4n) is 5.79. The van der Waals surface area contributed by atoms with Crippen molar-refractivity contribution in [2.45, 2.75) is 90.1 Å². The van der Waals surface area contributed by atoms with E-state index in [9.17, 15) is 0 Å². The monoisotopic (exact) mass is 628 g/mol. The molecule has 9 heteroatoms. The molecule has 4 heterocycles. The van der Waals surface area contributed by atoms with Crippen molar-refractivity contribution in [3.05, 3.63) is 22.0 Å². The van der Waals surface area contributed by atoms with Gasteiger partial charge in [-0.05, 0) is 111 Å². The van der Waals surface area contributed by atoms with Gasteiger partial charge in [0.2, 0.25) is 0 Å². The standard InChI is InChI=1S/C28H40N2S7/c1-27(2,29-23(31)17-21-19(25(29)33)9-15-36-21)11-5-7-13-35-14-8-6-12-28(3,4)30-24(32)18-22-20(26(30)34)10-16-37-22/h17-20H,5-16H2,1-4H3. The Morgan fingerprint density at radius 1 is 0.730 bits per heavy atom. The van der Waals surface area contributed by atoms with E-state index in [0.717, 1.165) is 45.6 Å². The second kappa shape index (κ2) is 13.0. The van der Waals surface area contributed by atoms with Gasteiger partial charge in [0.05, 0.1) is 9.98 Å². The predicted molar refractivity (Wildman–Crippen MR) is 185 cm³/mol. The molecule has 0 radical (unpaired) electrons. The molecule has 37 heavy (non-hydrogen) atoms. The minimum atomic E-state index is -0.0115. The lowest BCUT2D eigenvalue weighted by molar-refractivity contribution is 0.280. The highest BCUT2D eigenvalue weighted by molar-refractivity contribution is 8.03. The van der Waals surface area contributed by atoms with Gasteiger partial charge in [0.1, 0.15) is 9.98 Å². The predicted octanol–water partition coefficient (Wildman–Crippen LogP) is 8.83. The molecule has 0 aromatic carbocycles. The van der Waals surface area contributed by atoms with Crippen molar-refractivity contribution in [3.8, 4) is 0 Å². The lowest BCUT2D eigenvalue weighted by Gasteiger charge is -2.44. The van der Waals surface area contributed by atoms with Crippen LogP contribution >= 0.6 is 84.2 Å². The Balaban J connectivity index is 1.12. The van der Waals surface area contributed by atoms with Crippen LogP contribution in [-0.2, 0) is 0 Å². The maximum absolute atomic E-state index is 5.91. The third-order valence-corrected chi connectivity index (χ3v) is 13.0. The first-order valence-corrected chi connectivity index (χ1v) is 18.3. The molecule has 0 N–H and O–H groups in total. The molecule has 0 saturated carbocycles. The molecule has 0 aromatic heterocycles. The van der Waals surface area contributed by atoms with Crippen LogP contribution in [0.4, 0.5) is 0 Å². The van der Waals surface area contributed by atoms with Crippen molar-refractivity contribution in [1.82, 2.24) is 9.80 Å². The Morgan fingerprint density at radius 3 is 1.54 bits per heavy atom. The summed E-state index contributed by atoms with van der Waals surface area (Å²) in [4.78, 5) is 11.3. The Bertz CT molecular complexity index is 918. The van der Waals surface area contributed by atoms with Crippen LogP contribution in [0.1, 0.15) is 79.1 Å². The van der Waals surface area contributed by atoms with Gasteiger partial charge in [0.25, 0.3) is 0 Å².